The van der Waals surface area contributed by atoms with Crippen molar-refractivity contribution in [3.63, 3.8) is 0 Å². The molecular weight excluding hydrogens is 243 g/mol. The minimum absolute atomic E-state index is 0.265. The molecule has 4 nitrogen and oxygen atoms in total. The van der Waals surface area contributed by atoms with E-state index >= 15 is 0 Å². The molecule has 0 spiro atoms. The highest BCUT2D eigenvalue weighted by Gasteiger charge is 2.61. The first-order valence-corrected chi connectivity index (χ1v) is 4.12. The van der Waals surface area contributed by atoms with E-state index in [4.69, 9.17) is 0 Å². The van der Waals surface area contributed by atoms with E-state index in [1.807, 2.05) is 0 Å². The first-order chi connectivity index (χ1) is 7.24. The molecule has 2 saturated heterocycles. The molecule has 9 heteroatoms. The molecule has 94 valence electrons. The van der Waals surface area contributed by atoms with Crippen LogP contribution in [0.5, 0.6) is 0 Å². The van der Waals surface area contributed by atoms with Crippen LogP contribution in [0.3, 0.4) is 0 Å². The fourth-order valence-corrected chi connectivity index (χ4v) is 0.865. The van der Waals surface area contributed by atoms with E-state index in [0.29, 0.717) is 0 Å². The zero-order valence-electron chi connectivity index (χ0n) is 7.72. The average molecular weight is 250 g/mol. The summed E-state index contributed by atoms with van der Waals surface area (Å²) >= 11 is 0. The number of halogens is 5. The van der Waals surface area contributed by atoms with E-state index in [0.717, 1.165) is 0 Å². The lowest BCUT2D eigenvalue weighted by Gasteiger charge is -2.14. The molecule has 2 rings (SSSR count). The normalized spacial score (nSPS) is 30.1. The molecule has 0 amide bonds. The number of alkyl halides is 5. The van der Waals surface area contributed by atoms with Crippen LogP contribution in [0.15, 0.2) is 0 Å². The molecule has 0 aliphatic carbocycles. The van der Waals surface area contributed by atoms with Crippen molar-refractivity contribution in [3.8, 4) is 0 Å². The molecule has 0 bridgehead atoms. The molecule has 2 heterocycles. The number of rotatable bonds is 0. The van der Waals surface area contributed by atoms with Gasteiger partial charge in [0, 0.05) is 6.42 Å². The number of ether oxygens (including phenoxy) is 3. The van der Waals surface area contributed by atoms with Gasteiger partial charge in [-0.15, -0.1) is 0 Å². The highest BCUT2D eigenvalue weighted by molar-refractivity contribution is 5.61. The molecular formula is C7H7F5O4. The third-order valence-corrected chi connectivity index (χ3v) is 1.68. The van der Waals surface area contributed by atoms with E-state index in [1.165, 1.54) is 0 Å². The van der Waals surface area contributed by atoms with Gasteiger partial charge in [-0.25, -0.2) is 4.79 Å². The fraction of sp³-hybridized carbons (Fsp3) is 0.857. The summed E-state index contributed by atoms with van der Waals surface area (Å²) in [6, 6.07) is 0. The van der Waals surface area contributed by atoms with E-state index in [2.05, 4.69) is 14.2 Å². The summed E-state index contributed by atoms with van der Waals surface area (Å²) in [7, 11) is 0. The number of cyclic esters (lactones) is 2. The van der Waals surface area contributed by atoms with Crippen LogP contribution in [0.25, 0.3) is 0 Å². The van der Waals surface area contributed by atoms with Crippen molar-refractivity contribution < 1.29 is 41.0 Å². The van der Waals surface area contributed by atoms with Crippen molar-refractivity contribution in [2.75, 3.05) is 13.2 Å². The predicted octanol–water partition coefficient (Wildman–Crippen LogP) is 2.08. The van der Waals surface area contributed by atoms with Gasteiger partial charge in [0.2, 0.25) is 0 Å². The second-order valence-electron chi connectivity index (χ2n) is 2.91. The Morgan fingerprint density at radius 3 is 2.00 bits per heavy atom. The van der Waals surface area contributed by atoms with Gasteiger partial charge in [-0.05, 0) is 0 Å². The van der Waals surface area contributed by atoms with E-state index < -0.39 is 37.6 Å². The standard InChI is InChI=1S/C4H4F4O.C3H3FO3/c5-3(6)1-2-9-4(3,7)8;4-2-1-6-3(5)7-2/h1-2H2;2H,1H2. The number of hydrogen-bond donors (Lipinski definition) is 0. The summed E-state index contributed by atoms with van der Waals surface area (Å²) in [5, 5.41) is 0. The lowest BCUT2D eigenvalue weighted by molar-refractivity contribution is -0.302. The first kappa shape index (κ1) is 12.9. The number of carbonyl (C=O) groups excluding carboxylic acids is 1. The minimum atomic E-state index is -4.24. The zero-order valence-corrected chi connectivity index (χ0v) is 7.72. The molecule has 0 N–H and O–H groups in total. The summed E-state index contributed by atoms with van der Waals surface area (Å²) in [6.07, 6.45) is -7.60. The zero-order chi connectivity index (χ0) is 12.4. The predicted molar refractivity (Wildman–Crippen MR) is 37.8 cm³/mol. The van der Waals surface area contributed by atoms with Crippen molar-refractivity contribution in [2.24, 2.45) is 0 Å². The SMILES string of the molecule is FC1(F)CCOC1(F)F.O=C1OCC(F)O1. The molecule has 1 atom stereocenters. The maximum atomic E-state index is 11.8. The Hall–Kier alpha value is -1.12. The van der Waals surface area contributed by atoms with E-state index in [9.17, 15) is 26.7 Å². The molecule has 0 aromatic rings. The molecule has 0 aromatic heterocycles. The largest absolute Gasteiger partial charge is 0.511 e. The van der Waals surface area contributed by atoms with Gasteiger partial charge >= 0.3 is 18.2 Å². The quantitative estimate of drug-likeness (QED) is 0.487. The maximum absolute atomic E-state index is 11.8. The van der Waals surface area contributed by atoms with Crippen LogP contribution < -0.4 is 0 Å². The summed E-state index contributed by atoms with van der Waals surface area (Å²) in [6.45, 7) is -0.834. The summed E-state index contributed by atoms with van der Waals surface area (Å²) in [5.41, 5.74) is 0. The molecule has 0 aromatic carbocycles. The van der Waals surface area contributed by atoms with Gasteiger partial charge in [-0.2, -0.15) is 22.0 Å². The van der Waals surface area contributed by atoms with Crippen LogP contribution in [-0.4, -0.2) is 37.8 Å². The van der Waals surface area contributed by atoms with E-state index in [-0.39, 0.29) is 6.61 Å². The highest BCUT2D eigenvalue weighted by atomic mass is 19.3. The van der Waals surface area contributed by atoms with Gasteiger partial charge < -0.3 is 14.2 Å². The Morgan fingerprint density at radius 2 is 1.88 bits per heavy atom. The average Bonchev–Trinajstić information content (AvgIpc) is 2.59. The second-order valence-corrected chi connectivity index (χ2v) is 2.91. The van der Waals surface area contributed by atoms with Crippen molar-refractivity contribution in [3.05, 3.63) is 0 Å². The van der Waals surface area contributed by atoms with E-state index in [1.54, 1.807) is 0 Å². The molecule has 1 unspecified atom stereocenters. The van der Waals surface area contributed by atoms with Crippen molar-refractivity contribution in [2.45, 2.75) is 24.8 Å². The second kappa shape index (κ2) is 4.40. The monoisotopic (exact) mass is 250 g/mol. The van der Waals surface area contributed by atoms with Gasteiger partial charge in [-0.3, -0.25) is 0 Å². The van der Waals surface area contributed by atoms with Crippen LogP contribution in [-0.2, 0) is 14.2 Å². The Kier molecular flexibility index (Phi) is 3.56. The topological polar surface area (TPSA) is 44.8 Å². The van der Waals surface area contributed by atoms with Crippen molar-refractivity contribution in [1.29, 1.82) is 0 Å². The van der Waals surface area contributed by atoms with Crippen molar-refractivity contribution in [1.82, 2.24) is 0 Å². The molecule has 0 saturated carbocycles. The third kappa shape index (κ3) is 2.94. The maximum Gasteiger partial charge on any atom is 0.511 e. The minimum Gasteiger partial charge on any atom is -0.427 e. The molecule has 2 aliphatic rings. The van der Waals surface area contributed by atoms with Crippen LogP contribution in [0, 0.1) is 0 Å². The lowest BCUT2D eigenvalue weighted by Crippen LogP contribution is -2.35. The van der Waals surface area contributed by atoms with Gasteiger partial charge in [0.25, 0.3) is 6.36 Å². The third-order valence-electron chi connectivity index (χ3n) is 1.68. The summed E-state index contributed by atoms with van der Waals surface area (Å²) in [5.74, 6) is -3.97. The fourth-order valence-electron chi connectivity index (χ4n) is 0.865. The summed E-state index contributed by atoms with van der Waals surface area (Å²) in [4.78, 5) is 9.77. The van der Waals surface area contributed by atoms with Gasteiger partial charge in [-0.1, -0.05) is 0 Å². The van der Waals surface area contributed by atoms with Gasteiger partial charge in [0.15, 0.2) is 6.61 Å². The smallest absolute Gasteiger partial charge is 0.427 e. The Morgan fingerprint density at radius 1 is 1.25 bits per heavy atom. The Bertz CT molecular complexity index is 256. The number of hydrogen-bond acceptors (Lipinski definition) is 4. The molecule has 0 radical (unpaired) electrons. The molecule has 2 aliphatic heterocycles. The molecule has 2 fully saturated rings. The van der Waals surface area contributed by atoms with Crippen LogP contribution in [0.2, 0.25) is 0 Å². The molecule has 16 heavy (non-hydrogen) atoms. The van der Waals surface area contributed by atoms with Gasteiger partial charge in [0.1, 0.15) is 0 Å². The highest BCUT2D eigenvalue weighted by Crippen LogP contribution is 2.42. The first-order valence-electron chi connectivity index (χ1n) is 4.12. The number of carbonyl (C=O) groups is 1. The van der Waals surface area contributed by atoms with Gasteiger partial charge in [0.05, 0.1) is 6.61 Å². The van der Waals surface area contributed by atoms with Crippen LogP contribution >= 0.6 is 0 Å². The van der Waals surface area contributed by atoms with Crippen LogP contribution in [0.4, 0.5) is 26.7 Å². The lowest BCUT2D eigenvalue weighted by atomic mass is 10.3. The Balaban J connectivity index is 0.000000165. The van der Waals surface area contributed by atoms with Crippen molar-refractivity contribution >= 4 is 6.16 Å². The summed E-state index contributed by atoms with van der Waals surface area (Å²) < 4.78 is 70.1. The Labute approximate surface area is 86.3 Å². The van der Waals surface area contributed by atoms with Crippen LogP contribution in [0.1, 0.15) is 6.42 Å².